The number of aldehydes is 1. The molecule has 7 nitrogen and oxygen atoms in total. The highest BCUT2D eigenvalue weighted by Crippen LogP contribution is 2.25. The molecule has 172 valence electrons. The van der Waals surface area contributed by atoms with Crippen molar-refractivity contribution in [1.29, 1.82) is 0 Å². The van der Waals surface area contributed by atoms with Crippen LogP contribution in [0.1, 0.15) is 50.7 Å². The van der Waals surface area contributed by atoms with Crippen LogP contribution in [-0.4, -0.2) is 60.7 Å². The summed E-state index contributed by atoms with van der Waals surface area (Å²) in [6, 6.07) is 5.16. The summed E-state index contributed by atoms with van der Waals surface area (Å²) in [5.41, 5.74) is 1.87. The minimum absolute atomic E-state index is 0.0332. The predicted octanol–water partition coefficient (Wildman–Crippen LogP) is 3.06. The van der Waals surface area contributed by atoms with Gasteiger partial charge in [-0.05, 0) is 44.0 Å². The Bertz CT molecular complexity index is 730. The zero-order chi connectivity index (χ0) is 23.2. The molecule has 2 amide bonds. The highest BCUT2D eigenvalue weighted by Gasteiger charge is 2.24. The normalized spacial score (nSPS) is 11.4. The summed E-state index contributed by atoms with van der Waals surface area (Å²) in [5.74, 6) is 0.396. The fourth-order valence-electron chi connectivity index (χ4n) is 3.47. The van der Waals surface area contributed by atoms with Crippen molar-refractivity contribution in [2.45, 2.75) is 59.0 Å². The van der Waals surface area contributed by atoms with Crippen LogP contribution in [0.2, 0.25) is 0 Å². The van der Waals surface area contributed by atoms with Crippen molar-refractivity contribution in [2.24, 2.45) is 0 Å². The minimum Gasteiger partial charge on any atom is -0.483 e. The molecule has 0 heterocycles. The zero-order valence-electron chi connectivity index (χ0n) is 19.4. The van der Waals surface area contributed by atoms with Crippen LogP contribution in [0.5, 0.6) is 5.75 Å². The van der Waals surface area contributed by atoms with Gasteiger partial charge in [-0.2, -0.15) is 0 Å². The Hall–Kier alpha value is -2.83. The molecule has 1 N–H and O–H groups in total. The number of hydrogen-bond acceptors (Lipinski definition) is 5. The summed E-state index contributed by atoms with van der Waals surface area (Å²) in [7, 11) is 1.57. The molecular weight excluding hydrogens is 394 g/mol. The maximum atomic E-state index is 12.6. The molecule has 7 heteroatoms. The van der Waals surface area contributed by atoms with Crippen molar-refractivity contribution in [2.75, 3.05) is 26.7 Å². The Morgan fingerprint density at radius 1 is 1.23 bits per heavy atom. The van der Waals surface area contributed by atoms with Crippen molar-refractivity contribution in [3.63, 3.8) is 0 Å². The fourth-order valence-corrected chi connectivity index (χ4v) is 3.47. The number of nitrogens with one attached hydrogen (secondary N) is 1. The van der Waals surface area contributed by atoms with Crippen molar-refractivity contribution in [3.8, 4) is 5.75 Å². The third-order valence-electron chi connectivity index (χ3n) is 5.14. The smallest absolute Gasteiger partial charge is 0.260 e. The van der Waals surface area contributed by atoms with Gasteiger partial charge in [0.15, 0.2) is 6.61 Å². The third-order valence-corrected chi connectivity index (χ3v) is 5.14. The Kier molecular flexibility index (Phi) is 12.0. The van der Waals surface area contributed by atoms with Gasteiger partial charge < -0.3 is 24.6 Å². The maximum absolute atomic E-state index is 12.6. The first kappa shape index (κ1) is 26.2. The molecule has 0 aliphatic heterocycles. The quantitative estimate of drug-likeness (QED) is 0.432. The number of ether oxygens (including phenoxy) is 1. The lowest BCUT2D eigenvalue weighted by molar-refractivity contribution is -0.133. The highest BCUT2D eigenvalue weighted by molar-refractivity contribution is 5.82. The van der Waals surface area contributed by atoms with Gasteiger partial charge in [-0.1, -0.05) is 32.6 Å². The summed E-state index contributed by atoms with van der Waals surface area (Å²) in [6.07, 6.45) is 4.88. The van der Waals surface area contributed by atoms with E-state index < -0.39 is 6.04 Å². The molecule has 1 rings (SSSR count). The molecule has 0 saturated carbocycles. The van der Waals surface area contributed by atoms with Gasteiger partial charge in [0.2, 0.25) is 5.91 Å². The monoisotopic (exact) mass is 431 g/mol. The zero-order valence-corrected chi connectivity index (χ0v) is 19.4. The van der Waals surface area contributed by atoms with Gasteiger partial charge in [0, 0.05) is 38.7 Å². The van der Waals surface area contributed by atoms with Gasteiger partial charge in [-0.25, -0.2) is 0 Å². The third kappa shape index (κ3) is 8.07. The van der Waals surface area contributed by atoms with Crippen molar-refractivity contribution in [3.05, 3.63) is 42.1 Å². The molecule has 1 atom stereocenters. The molecule has 0 aliphatic carbocycles. The number of benzene rings is 1. The summed E-state index contributed by atoms with van der Waals surface area (Å²) in [4.78, 5) is 39.5. The van der Waals surface area contributed by atoms with Gasteiger partial charge in [0.05, 0.1) is 0 Å². The van der Waals surface area contributed by atoms with Gasteiger partial charge in [-0.3, -0.25) is 9.59 Å². The lowest BCUT2D eigenvalue weighted by Crippen LogP contribution is -2.43. The van der Waals surface area contributed by atoms with Crippen molar-refractivity contribution in [1.82, 2.24) is 15.1 Å². The van der Waals surface area contributed by atoms with Crippen LogP contribution in [0.15, 0.2) is 31.0 Å². The summed E-state index contributed by atoms with van der Waals surface area (Å²) >= 11 is 0. The average Bonchev–Trinajstić information content (AvgIpc) is 2.77. The highest BCUT2D eigenvalue weighted by atomic mass is 16.5. The van der Waals surface area contributed by atoms with E-state index in [1.807, 2.05) is 43.9 Å². The van der Waals surface area contributed by atoms with Crippen molar-refractivity contribution >= 4 is 18.1 Å². The molecule has 0 bridgehead atoms. The van der Waals surface area contributed by atoms with E-state index in [0.717, 1.165) is 30.3 Å². The first-order valence-electron chi connectivity index (χ1n) is 11.0. The van der Waals surface area contributed by atoms with E-state index in [1.165, 1.54) is 0 Å². The number of likely N-dealkylation sites (N-methyl/N-ethyl adjacent to an activating group) is 1. The first-order valence-corrected chi connectivity index (χ1v) is 11.0. The van der Waals surface area contributed by atoms with Crippen LogP contribution in [-0.2, 0) is 20.9 Å². The second kappa shape index (κ2) is 14.2. The fraction of sp³-hybridized carbons (Fsp3) is 0.542. The van der Waals surface area contributed by atoms with E-state index in [9.17, 15) is 14.4 Å². The number of carbonyl (C=O) groups excluding carboxylic acids is 3. The number of aryl methyl sites for hydroxylation is 1. The van der Waals surface area contributed by atoms with E-state index in [0.29, 0.717) is 31.8 Å². The topological polar surface area (TPSA) is 79.0 Å². The second-order valence-electron chi connectivity index (χ2n) is 7.45. The molecule has 0 fully saturated rings. The molecule has 0 spiro atoms. The molecule has 0 aromatic heterocycles. The Morgan fingerprint density at radius 2 is 1.90 bits per heavy atom. The van der Waals surface area contributed by atoms with Crippen LogP contribution < -0.4 is 10.1 Å². The van der Waals surface area contributed by atoms with Crippen LogP contribution >= 0.6 is 0 Å². The second-order valence-corrected chi connectivity index (χ2v) is 7.45. The van der Waals surface area contributed by atoms with E-state index in [1.54, 1.807) is 18.1 Å². The average molecular weight is 432 g/mol. The lowest BCUT2D eigenvalue weighted by atomic mass is 10.0. The maximum Gasteiger partial charge on any atom is 0.260 e. The van der Waals surface area contributed by atoms with Gasteiger partial charge in [0.1, 0.15) is 18.1 Å². The van der Waals surface area contributed by atoms with E-state index in [-0.39, 0.29) is 24.8 Å². The minimum atomic E-state index is -0.522. The van der Waals surface area contributed by atoms with Gasteiger partial charge >= 0.3 is 0 Å². The molecule has 1 aromatic rings. The molecule has 1 aromatic carbocycles. The molecular formula is C24H37N3O4. The Balaban J connectivity index is 3.04. The van der Waals surface area contributed by atoms with E-state index >= 15 is 0 Å². The number of carbonyl (C=O) groups is 3. The Morgan fingerprint density at radius 3 is 2.45 bits per heavy atom. The number of hydrogen-bond donors (Lipinski definition) is 1. The number of nitrogens with zero attached hydrogens (tertiary/aromatic N) is 2. The molecule has 31 heavy (non-hydrogen) atoms. The molecule has 0 aliphatic rings. The summed E-state index contributed by atoms with van der Waals surface area (Å²) in [5, 5.41) is 2.65. The molecule has 0 saturated heterocycles. The standard InChI is InChI=1S/C24H37N3O4/c1-6-14-27(15-7-2)23(29)18-31-22-13-9-11-19(4)20(22)17-26(8-3)21(12-10-16-28)24(30)25-5/h8-9,11,13,16,21H,3,6-7,10,12,14-15,17-18H2,1-2,4-5H3,(H,25,30). The number of amides is 2. The van der Waals surface area contributed by atoms with E-state index in [2.05, 4.69) is 11.9 Å². The van der Waals surface area contributed by atoms with Crippen molar-refractivity contribution < 1.29 is 19.1 Å². The van der Waals surface area contributed by atoms with Gasteiger partial charge in [-0.15, -0.1) is 0 Å². The Labute approximate surface area is 186 Å². The lowest BCUT2D eigenvalue weighted by Gasteiger charge is -2.30. The summed E-state index contributed by atoms with van der Waals surface area (Å²) < 4.78 is 5.94. The largest absolute Gasteiger partial charge is 0.483 e. The van der Waals surface area contributed by atoms with Crippen LogP contribution in [0.4, 0.5) is 0 Å². The van der Waals surface area contributed by atoms with Crippen LogP contribution in [0.3, 0.4) is 0 Å². The van der Waals surface area contributed by atoms with E-state index in [4.69, 9.17) is 4.74 Å². The van der Waals surface area contributed by atoms with Crippen LogP contribution in [0.25, 0.3) is 0 Å². The predicted molar refractivity (Wildman–Crippen MR) is 123 cm³/mol. The van der Waals surface area contributed by atoms with Gasteiger partial charge in [0.25, 0.3) is 5.91 Å². The molecule has 1 unspecified atom stereocenters. The first-order chi connectivity index (χ1) is 14.9. The SMILES string of the molecule is C=CN(Cc1c(C)cccc1OCC(=O)N(CCC)CCC)C(CCC=O)C(=O)NC. The molecule has 0 radical (unpaired) electrons. The summed E-state index contributed by atoms with van der Waals surface area (Å²) in [6.45, 7) is 11.7. The van der Waals surface area contributed by atoms with Crippen LogP contribution in [0, 0.1) is 6.92 Å². The number of rotatable bonds is 15.